The summed E-state index contributed by atoms with van der Waals surface area (Å²) >= 11 is 0. The molecule has 0 heterocycles. The number of benzene rings is 1. The third-order valence-electron chi connectivity index (χ3n) is 3.68. The quantitative estimate of drug-likeness (QED) is 0.412. The summed E-state index contributed by atoms with van der Waals surface area (Å²) in [7, 11) is 0. The van der Waals surface area contributed by atoms with Crippen LogP contribution in [0, 0.1) is 0 Å². The van der Waals surface area contributed by atoms with E-state index < -0.39 is 0 Å². The number of aliphatic hydroxyl groups excluding tert-OH is 1. The minimum absolute atomic E-state index is 0. The van der Waals surface area contributed by atoms with Crippen LogP contribution in [-0.2, 0) is 0 Å². The Labute approximate surface area is 140 Å². The molecule has 1 aromatic rings. The van der Waals surface area contributed by atoms with Crippen LogP contribution in [0.4, 0.5) is 0 Å². The maximum atomic E-state index is 8.61. The minimum atomic E-state index is 0. The molecule has 0 aliphatic heterocycles. The largest absolute Gasteiger partial charge is 0.396 e. The van der Waals surface area contributed by atoms with E-state index in [1.54, 1.807) is 0 Å². The predicted octanol–water partition coefficient (Wildman–Crippen LogP) is 7.00. The first kappa shape index (κ1) is 23.4. The van der Waals surface area contributed by atoms with E-state index in [-0.39, 0.29) is 7.43 Å². The lowest BCUT2D eigenvalue weighted by molar-refractivity contribution is 0.282. The van der Waals surface area contributed by atoms with Gasteiger partial charge in [0.2, 0.25) is 0 Å². The lowest BCUT2D eigenvalue weighted by Gasteiger charge is -2.01. The van der Waals surface area contributed by atoms with Crippen LogP contribution < -0.4 is 0 Å². The van der Waals surface area contributed by atoms with E-state index in [0.717, 1.165) is 6.42 Å². The second-order valence-electron chi connectivity index (χ2n) is 5.77. The molecule has 130 valence electrons. The third kappa shape index (κ3) is 21.5. The molecule has 0 unspecified atom stereocenters. The summed E-state index contributed by atoms with van der Waals surface area (Å²) in [5.41, 5.74) is 0. The van der Waals surface area contributed by atoms with Crippen molar-refractivity contribution in [3.05, 3.63) is 36.4 Å². The van der Waals surface area contributed by atoms with Gasteiger partial charge in [0.25, 0.3) is 0 Å². The van der Waals surface area contributed by atoms with Gasteiger partial charge in [-0.15, -0.1) is 0 Å². The topological polar surface area (TPSA) is 20.2 Å². The fraction of sp³-hybridized carbons (Fsp3) is 0.714. The summed E-state index contributed by atoms with van der Waals surface area (Å²) in [5.74, 6) is 0. The fourth-order valence-electron chi connectivity index (χ4n) is 2.34. The molecule has 1 N–H and O–H groups in total. The van der Waals surface area contributed by atoms with Crippen LogP contribution in [0.25, 0.3) is 0 Å². The van der Waals surface area contributed by atoms with Crippen LogP contribution in [0.3, 0.4) is 0 Å². The monoisotopic (exact) mass is 308 g/mol. The zero-order chi connectivity index (χ0) is 15.4. The number of aliphatic hydroxyl groups is 1. The molecule has 0 aliphatic carbocycles. The molecule has 0 fully saturated rings. The molecule has 0 aliphatic rings. The molecule has 0 saturated heterocycles. The van der Waals surface area contributed by atoms with E-state index in [1.807, 2.05) is 36.4 Å². The highest BCUT2D eigenvalue weighted by atomic mass is 16.2. The van der Waals surface area contributed by atoms with E-state index >= 15 is 0 Å². The molecule has 1 rings (SSSR count). The summed E-state index contributed by atoms with van der Waals surface area (Å²) in [6.07, 6.45) is 16.2. The van der Waals surface area contributed by atoms with Gasteiger partial charge in [0.1, 0.15) is 0 Å². The average molecular weight is 309 g/mol. The van der Waals surface area contributed by atoms with Gasteiger partial charge < -0.3 is 5.11 Å². The lowest BCUT2D eigenvalue weighted by atomic mass is 10.1. The van der Waals surface area contributed by atoms with E-state index in [2.05, 4.69) is 6.92 Å². The summed E-state index contributed by atoms with van der Waals surface area (Å²) in [6, 6.07) is 12.0. The molecule has 0 aromatic heterocycles. The van der Waals surface area contributed by atoms with Crippen molar-refractivity contribution in [2.75, 3.05) is 6.61 Å². The molecule has 22 heavy (non-hydrogen) atoms. The molecule has 1 aromatic carbocycles. The Bertz CT molecular complexity index is 219. The summed E-state index contributed by atoms with van der Waals surface area (Å²) in [4.78, 5) is 0. The van der Waals surface area contributed by atoms with Gasteiger partial charge in [0.15, 0.2) is 0 Å². The molecule has 0 radical (unpaired) electrons. The Hall–Kier alpha value is -0.820. The molecular formula is C21H40O. The smallest absolute Gasteiger partial charge is 0.0431 e. The van der Waals surface area contributed by atoms with Crippen molar-refractivity contribution in [2.45, 2.75) is 91.4 Å². The first-order valence-corrected chi connectivity index (χ1v) is 9.02. The zero-order valence-electron chi connectivity index (χ0n) is 14.1. The summed E-state index contributed by atoms with van der Waals surface area (Å²) < 4.78 is 0. The molecule has 0 amide bonds. The van der Waals surface area contributed by atoms with Crippen molar-refractivity contribution in [3.63, 3.8) is 0 Å². The van der Waals surface area contributed by atoms with Crippen molar-refractivity contribution in [1.82, 2.24) is 0 Å². The van der Waals surface area contributed by atoms with Crippen LogP contribution in [0.1, 0.15) is 91.4 Å². The standard InChI is InChI=1S/C14H30O.C6H6.CH4/c1-2-3-4-5-6-7-8-9-10-11-12-13-14-15;1-2-4-6-5-3-1;/h15H,2-14H2,1H3;1-6H;1H4. The molecule has 0 atom stereocenters. The number of hydrogen-bond acceptors (Lipinski definition) is 1. The highest BCUT2D eigenvalue weighted by molar-refractivity contribution is 4.99. The molecule has 0 bridgehead atoms. The molecule has 1 heteroatoms. The van der Waals surface area contributed by atoms with Crippen molar-refractivity contribution >= 4 is 0 Å². The Balaban J connectivity index is 0. The van der Waals surface area contributed by atoms with Crippen LogP contribution in [0.2, 0.25) is 0 Å². The van der Waals surface area contributed by atoms with Gasteiger partial charge in [-0.1, -0.05) is 121 Å². The maximum absolute atomic E-state index is 8.61. The molecular weight excluding hydrogens is 268 g/mol. The van der Waals surface area contributed by atoms with E-state index in [0.29, 0.717) is 6.61 Å². The first-order chi connectivity index (χ1) is 10.4. The Morgan fingerprint density at radius 2 is 0.773 bits per heavy atom. The second-order valence-corrected chi connectivity index (χ2v) is 5.77. The fourth-order valence-corrected chi connectivity index (χ4v) is 2.34. The van der Waals surface area contributed by atoms with Crippen LogP contribution in [-0.4, -0.2) is 11.7 Å². The van der Waals surface area contributed by atoms with Crippen molar-refractivity contribution in [3.8, 4) is 0 Å². The van der Waals surface area contributed by atoms with Crippen LogP contribution in [0.5, 0.6) is 0 Å². The first-order valence-electron chi connectivity index (χ1n) is 9.02. The normalized spacial score (nSPS) is 9.55. The van der Waals surface area contributed by atoms with Gasteiger partial charge in [-0.2, -0.15) is 0 Å². The molecule has 1 nitrogen and oxygen atoms in total. The van der Waals surface area contributed by atoms with Crippen molar-refractivity contribution < 1.29 is 5.11 Å². The average Bonchev–Trinajstić information content (AvgIpc) is 2.55. The zero-order valence-corrected chi connectivity index (χ0v) is 14.1. The second kappa shape index (κ2) is 22.5. The predicted molar refractivity (Wildman–Crippen MR) is 101 cm³/mol. The summed E-state index contributed by atoms with van der Waals surface area (Å²) in [6.45, 7) is 2.64. The highest BCUT2D eigenvalue weighted by Crippen LogP contribution is 2.11. The van der Waals surface area contributed by atoms with E-state index in [1.165, 1.54) is 70.6 Å². The number of unbranched alkanes of at least 4 members (excludes halogenated alkanes) is 11. The van der Waals surface area contributed by atoms with E-state index in [4.69, 9.17) is 5.11 Å². The maximum Gasteiger partial charge on any atom is 0.0431 e. The van der Waals surface area contributed by atoms with Gasteiger partial charge in [0, 0.05) is 6.61 Å². The van der Waals surface area contributed by atoms with Gasteiger partial charge in [0.05, 0.1) is 0 Å². The lowest BCUT2D eigenvalue weighted by Crippen LogP contribution is -1.84. The minimum Gasteiger partial charge on any atom is -0.396 e. The molecule has 0 saturated carbocycles. The SMILES string of the molecule is C.CCCCCCCCCCCCCCO.c1ccccc1. The molecule has 0 spiro atoms. The van der Waals surface area contributed by atoms with E-state index in [9.17, 15) is 0 Å². The Kier molecular flexibility index (Phi) is 23.9. The summed E-state index contributed by atoms with van der Waals surface area (Å²) in [5, 5.41) is 8.61. The van der Waals surface area contributed by atoms with Gasteiger partial charge >= 0.3 is 0 Å². The van der Waals surface area contributed by atoms with Crippen LogP contribution >= 0.6 is 0 Å². The van der Waals surface area contributed by atoms with Gasteiger partial charge in [-0.25, -0.2) is 0 Å². The van der Waals surface area contributed by atoms with Crippen LogP contribution in [0.15, 0.2) is 36.4 Å². The van der Waals surface area contributed by atoms with Crippen molar-refractivity contribution in [1.29, 1.82) is 0 Å². The van der Waals surface area contributed by atoms with Gasteiger partial charge in [-0.05, 0) is 6.42 Å². The highest BCUT2D eigenvalue weighted by Gasteiger charge is 1.92. The Morgan fingerprint density at radius 1 is 0.500 bits per heavy atom. The number of hydrogen-bond donors (Lipinski definition) is 1. The number of rotatable bonds is 12. The Morgan fingerprint density at radius 3 is 1.05 bits per heavy atom. The van der Waals surface area contributed by atoms with Gasteiger partial charge in [-0.3, -0.25) is 0 Å². The third-order valence-corrected chi connectivity index (χ3v) is 3.68. The van der Waals surface area contributed by atoms with Crippen molar-refractivity contribution in [2.24, 2.45) is 0 Å².